The summed E-state index contributed by atoms with van der Waals surface area (Å²) in [4.78, 5) is 13.7. The molecule has 4 nitrogen and oxygen atoms in total. The standard InChI is InChI=1S/C12H21NO3/c1-11(2,3)16-10(15)13-7-5-9-4-6-12(9,13)8-14/h9,14H,4-8H2,1-3H3. The molecule has 1 aliphatic heterocycles. The number of carbonyl (C=O) groups excluding carboxylic acids is 1. The first-order valence-electron chi connectivity index (χ1n) is 6.00. The van der Waals surface area contributed by atoms with Crippen molar-refractivity contribution < 1.29 is 14.6 Å². The Morgan fingerprint density at radius 2 is 2.19 bits per heavy atom. The summed E-state index contributed by atoms with van der Waals surface area (Å²) in [6.07, 6.45) is 2.76. The van der Waals surface area contributed by atoms with Crippen molar-refractivity contribution in [1.82, 2.24) is 4.90 Å². The molecule has 2 aliphatic rings. The number of hydrogen-bond donors (Lipinski definition) is 1. The third-order valence-electron chi connectivity index (χ3n) is 3.81. The number of aliphatic hydroxyl groups excluding tert-OH is 1. The van der Waals surface area contributed by atoms with Crippen LogP contribution in [-0.2, 0) is 4.74 Å². The van der Waals surface area contributed by atoms with Crippen molar-refractivity contribution in [3.8, 4) is 0 Å². The van der Waals surface area contributed by atoms with Gasteiger partial charge < -0.3 is 9.84 Å². The normalized spacial score (nSPS) is 33.2. The van der Waals surface area contributed by atoms with Crippen LogP contribution < -0.4 is 0 Å². The van der Waals surface area contributed by atoms with Crippen LogP contribution in [-0.4, -0.2) is 40.4 Å². The van der Waals surface area contributed by atoms with Crippen LogP contribution in [0.2, 0.25) is 0 Å². The SMILES string of the molecule is CC(C)(C)OC(=O)N1CCC2CCC21CO. The molecule has 0 radical (unpaired) electrons. The molecule has 1 heterocycles. The molecule has 1 saturated heterocycles. The van der Waals surface area contributed by atoms with Gasteiger partial charge in [-0.15, -0.1) is 0 Å². The second-order valence-electron chi connectivity index (χ2n) is 5.92. The molecule has 2 rings (SSSR count). The molecule has 1 amide bonds. The topological polar surface area (TPSA) is 49.8 Å². The van der Waals surface area contributed by atoms with Crippen molar-refractivity contribution in [3.63, 3.8) is 0 Å². The maximum atomic E-state index is 12.0. The number of amides is 1. The van der Waals surface area contributed by atoms with Gasteiger partial charge in [-0.1, -0.05) is 0 Å². The Morgan fingerprint density at radius 3 is 2.62 bits per heavy atom. The lowest BCUT2D eigenvalue weighted by atomic mass is 9.68. The Kier molecular flexibility index (Phi) is 2.65. The molecule has 0 bridgehead atoms. The maximum Gasteiger partial charge on any atom is 0.410 e. The molecule has 2 fully saturated rings. The molecule has 1 saturated carbocycles. The molecule has 4 heteroatoms. The van der Waals surface area contributed by atoms with E-state index in [4.69, 9.17) is 4.74 Å². The molecule has 1 N–H and O–H groups in total. The Balaban J connectivity index is 2.07. The van der Waals surface area contributed by atoms with E-state index in [1.54, 1.807) is 4.90 Å². The fraction of sp³-hybridized carbons (Fsp3) is 0.917. The highest BCUT2D eigenvalue weighted by Crippen LogP contribution is 2.50. The van der Waals surface area contributed by atoms with Crippen molar-refractivity contribution in [3.05, 3.63) is 0 Å². The first kappa shape index (κ1) is 11.7. The van der Waals surface area contributed by atoms with Gasteiger partial charge in [0.2, 0.25) is 0 Å². The van der Waals surface area contributed by atoms with Crippen LogP contribution in [0.25, 0.3) is 0 Å². The lowest BCUT2D eigenvalue weighted by Gasteiger charge is -2.48. The van der Waals surface area contributed by atoms with Gasteiger partial charge >= 0.3 is 6.09 Å². The van der Waals surface area contributed by atoms with Crippen molar-refractivity contribution in [2.24, 2.45) is 5.92 Å². The largest absolute Gasteiger partial charge is 0.444 e. The Labute approximate surface area is 96.6 Å². The van der Waals surface area contributed by atoms with Crippen LogP contribution in [0.3, 0.4) is 0 Å². The van der Waals surface area contributed by atoms with Gasteiger partial charge in [0.25, 0.3) is 0 Å². The minimum absolute atomic E-state index is 0.0664. The monoisotopic (exact) mass is 227 g/mol. The Hall–Kier alpha value is -0.770. The zero-order valence-corrected chi connectivity index (χ0v) is 10.3. The van der Waals surface area contributed by atoms with Gasteiger partial charge in [0.05, 0.1) is 12.1 Å². The van der Waals surface area contributed by atoms with E-state index >= 15 is 0 Å². The number of rotatable bonds is 1. The molecule has 0 aromatic rings. The highest BCUT2D eigenvalue weighted by Gasteiger charge is 2.57. The summed E-state index contributed by atoms with van der Waals surface area (Å²) in [5.41, 5.74) is -0.766. The summed E-state index contributed by atoms with van der Waals surface area (Å²) in [7, 11) is 0. The fourth-order valence-corrected chi connectivity index (χ4v) is 2.84. The average Bonchev–Trinajstić information content (AvgIpc) is 2.36. The first-order valence-corrected chi connectivity index (χ1v) is 6.00. The zero-order chi connectivity index (χ0) is 12.0. The first-order chi connectivity index (χ1) is 7.39. The fourth-order valence-electron chi connectivity index (χ4n) is 2.84. The van der Waals surface area contributed by atoms with Gasteiger partial charge in [-0.05, 0) is 46.0 Å². The van der Waals surface area contributed by atoms with Gasteiger partial charge in [0, 0.05) is 6.54 Å². The van der Waals surface area contributed by atoms with E-state index in [1.807, 2.05) is 20.8 Å². The van der Waals surface area contributed by atoms with Gasteiger partial charge in [0.1, 0.15) is 5.60 Å². The molecule has 92 valence electrons. The number of hydrogen-bond acceptors (Lipinski definition) is 3. The van der Waals surface area contributed by atoms with E-state index in [-0.39, 0.29) is 18.2 Å². The lowest BCUT2D eigenvalue weighted by molar-refractivity contribution is -0.0464. The minimum Gasteiger partial charge on any atom is -0.444 e. The lowest BCUT2D eigenvalue weighted by Crippen LogP contribution is -2.59. The second-order valence-corrected chi connectivity index (χ2v) is 5.92. The van der Waals surface area contributed by atoms with Gasteiger partial charge in [-0.3, -0.25) is 4.90 Å². The van der Waals surface area contributed by atoms with Crippen LogP contribution in [0.4, 0.5) is 4.79 Å². The third-order valence-corrected chi connectivity index (χ3v) is 3.81. The molecule has 2 unspecified atom stereocenters. The zero-order valence-electron chi connectivity index (χ0n) is 10.3. The predicted molar refractivity (Wildman–Crippen MR) is 60.1 cm³/mol. The molecule has 16 heavy (non-hydrogen) atoms. The van der Waals surface area contributed by atoms with Crippen LogP contribution in [0, 0.1) is 5.92 Å². The number of ether oxygens (including phenoxy) is 1. The summed E-state index contributed by atoms with van der Waals surface area (Å²) in [6, 6.07) is 0. The molecule has 0 aromatic heterocycles. The summed E-state index contributed by atoms with van der Waals surface area (Å²) < 4.78 is 5.38. The smallest absolute Gasteiger partial charge is 0.410 e. The number of fused-ring (bicyclic) bond motifs is 1. The highest BCUT2D eigenvalue weighted by molar-refractivity contribution is 5.70. The predicted octanol–water partition coefficient (Wildman–Crippen LogP) is 1.77. The molecule has 0 aromatic carbocycles. The Morgan fingerprint density at radius 1 is 1.50 bits per heavy atom. The Bertz CT molecular complexity index is 293. The number of nitrogens with zero attached hydrogens (tertiary/aromatic N) is 1. The van der Waals surface area contributed by atoms with E-state index < -0.39 is 5.60 Å². The second kappa shape index (κ2) is 3.62. The van der Waals surface area contributed by atoms with Crippen LogP contribution in [0.1, 0.15) is 40.0 Å². The molecular formula is C12H21NO3. The van der Waals surface area contributed by atoms with Crippen LogP contribution in [0.5, 0.6) is 0 Å². The van der Waals surface area contributed by atoms with Crippen molar-refractivity contribution in [2.75, 3.05) is 13.2 Å². The molecule has 1 aliphatic carbocycles. The van der Waals surface area contributed by atoms with Crippen molar-refractivity contribution in [2.45, 2.75) is 51.2 Å². The van der Waals surface area contributed by atoms with E-state index in [0.717, 1.165) is 25.8 Å². The molecule has 0 spiro atoms. The molecule has 2 atom stereocenters. The molecular weight excluding hydrogens is 206 g/mol. The quantitative estimate of drug-likeness (QED) is 0.742. The van der Waals surface area contributed by atoms with E-state index in [1.165, 1.54) is 0 Å². The van der Waals surface area contributed by atoms with Crippen molar-refractivity contribution in [1.29, 1.82) is 0 Å². The van der Waals surface area contributed by atoms with Crippen LogP contribution >= 0.6 is 0 Å². The number of carbonyl (C=O) groups is 1. The maximum absolute atomic E-state index is 12.0. The summed E-state index contributed by atoms with van der Waals surface area (Å²) >= 11 is 0. The number of likely N-dealkylation sites (tertiary alicyclic amines) is 1. The summed E-state index contributed by atoms with van der Waals surface area (Å²) in [5.74, 6) is 0.477. The third kappa shape index (κ3) is 1.69. The minimum atomic E-state index is -0.463. The van der Waals surface area contributed by atoms with Gasteiger partial charge in [0.15, 0.2) is 0 Å². The van der Waals surface area contributed by atoms with E-state index in [2.05, 4.69) is 0 Å². The average molecular weight is 227 g/mol. The van der Waals surface area contributed by atoms with E-state index in [0.29, 0.717) is 5.92 Å². The number of aliphatic hydroxyl groups is 1. The summed E-state index contributed by atoms with van der Waals surface area (Å²) in [5, 5.41) is 9.52. The van der Waals surface area contributed by atoms with Gasteiger partial charge in [-0.25, -0.2) is 4.79 Å². The summed E-state index contributed by atoms with van der Waals surface area (Å²) in [6.45, 7) is 6.39. The van der Waals surface area contributed by atoms with Gasteiger partial charge in [-0.2, -0.15) is 0 Å². The van der Waals surface area contributed by atoms with E-state index in [9.17, 15) is 9.90 Å². The van der Waals surface area contributed by atoms with Crippen molar-refractivity contribution >= 4 is 6.09 Å². The highest BCUT2D eigenvalue weighted by atomic mass is 16.6. The van der Waals surface area contributed by atoms with Crippen LogP contribution in [0.15, 0.2) is 0 Å².